The zero-order chi connectivity index (χ0) is 17.8. The number of carbonyl (C=O) groups is 2. The van der Waals surface area contributed by atoms with Crippen molar-refractivity contribution in [2.45, 2.75) is 4.90 Å². The van der Waals surface area contributed by atoms with E-state index in [1.165, 1.54) is 43.1 Å². The minimum Gasteiger partial charge on any atom is -0.453 e. The van der Waals surface area contributed by atoms with Crippen molar-refractivity contribution in [1.82, 2.24) is 9.97 Å². The topological polar surface area (TPSA) is 84.1 Å². The number of Topliss-reactive ketones (excluding diaryl/α,β-unsaturated/α-hetero) is 1. The van der Waals surface area contributed by atoms with Gasteiger partial charge < -0.3 is 9.72 Å². The standard InChI is InChI=1S/C17H14FN3O3S/c1-24-17(23)21-16-19-13-7-6-12(8-14(13)20-16)25-9-15(22)10-2-4-11(18)5-3-10/h2-8H,9H2,1H3,(H2,19,20,21,23). The van der Waals surface area contributed by atoms with Gasteiger partial charge in [0.1, 0.15) is 5.82 Å². The average Bonchev–Trinajstić information content (AvgIpc) is 3.01. The summed E-state index contributed by atoms with van der Waals surface area (Å²) in [4.78, 5) is 31.4. The highest BCUT2D eigenvalue weighted by atomic mass is 32.2. The van der Waals surface area contributed by atoms with Crippen molar-refractivity contribution in [2.75, 3.05) is 18.2 Å². The number of fused-ring (bicyclic) bond motifs is 1. The Labute approximate surface area is 146 Å². The molecule has 0 aliphatic carbocycles. The monoisotopic (exact) mass is 359 g/mol. The SMILES string of the molecule is COC(=O)Nc1nc2cc(SCC(=O)c3ccc(F)cc3)ccc2[nH]1. The maximum atomic E-state index is 12.9. The van der Waals surface area contributed by atoms with Crippen LogP contribution in [-0.2, 0) is 4.74 Å². The lowest BCUT2D eigenvalue weighted by atomic mass is 10.1. The number of halogens is 1. The molecule has 25 heavy (non-hydrogen) atoms. The summed E-state index contributed by atoms with van der Waals surface area (Å²) in [6.45, 7) is 0. The maximum Gasteiger partial charge on any atom is 0.413 e. The zero-order valence-corrected chi connectivity index (χ0v) is 14.0. The molecule has 3 rings (SSSR count). The van der Waals surface area contributed by atoms with Gasteiger partial charge in [-0.1, -0.05) is 0 Å². The molecule has 6 nitrogen and oxygen atoms in total. The second-order valence-corrected chi connectivity index (χ2v) is 6.15. The van der Waals surface area contributed by atoms with Gasteiger partial charge in [0.05, 0.1) is 23.9 Å². The average molecular weight is 359 g/mol. The fraction of sp³-hybridized carbons (Fsp3) is 0.118. The molecule has 0 fully saturated rings. The van der Waals surface area contributed by atoms with Gasteiger partial charge in [0.15, 0.2) is 5.78 Å². The fourth-order valence-corrected chi connectivity index (χ4v) is 2.97. The van der Waals surface area contributed by atoms with Gasteiger partial charge in [-0.25, -0.2) is 14.2 Å². The number of benzene rings is 2. The van der Waals surface area contributed by atoms with Crippen LogP contribution in [0.4, 0.5) is 15.1 Å². The molecule has 0 bridgehead atoms. The second kappa shape index (κ2) is 7.35. The summed E-state index contributed by atoms with van der Waals surface area (Å²) in [5.74, 6) is 0.0607. The Kier molecular flexibility index (Phi) is 4.99. The number of hydrogen-bond acceptors (Lipinski definition) is 5. The first-order valence-electron chi connectivity index (χ1n) is 7.31. The number of nitrogens with one attached hydrogen (secondary N) is 2. The molecule has 0 aliphatic heterocycles. The molecule has 2 aromatic carbocycles. The van der Waals surface area contributed by atoms with Crippen LogP contribution in [0.5, 0.6) is 0 Å². The van der Waals surface area contributed by atoms with Gasteiger partial charge in [-0.2, -0.15) is 0 Å². The molecule has 128 valence electrons. The molecule has 2 N–H and O–H groups in total. The molecule has 1 aromatic heterocycles. The number of rotatable bonds is 5. The molecule has 0 radical (unpaired) electrons. The summed E-state index contributed by atoms with van der Waals surface area (Å²) in [5.41, 5.74) is 1.88. The van der Waals surface area contributed by atoms with Crippen molar-refractivity contribution >= 4 is 40.6 Å². The quantitative estimate of drug-likeness (QED) is 0.534. The molecular formula is C17H14FN3O3S. The van der Waals surface area contributed by atoms with E-state index in [0.717, 1.165) is 10.4 Å². The third-order valence-corrected chi connectivity index (χ3v) is 4.39. The third kappa shape index (κ3) is 4.16. The Hall–Kier alpha value is -2.87. The number of anilines is 1. The van der Waals surface area contributed by atoms with Crippen LogP contribution < -0.4 is 5.32 Å². The predicted octanol–water partition coefficient (Wildman–Crippen LogP) is 3.86. The molecule has 0 unspecified atom stereocenters. The number of hydrogen-bond donors (Lipinski definition) is 2. The lowest BCUT2D eigenvalue weighted by Crippen LogP contribution is -2.11. The lowest BCUT2D eigenvalue weighted by molar-refractivity contribution is 0.102. The number of nitrogens with zero attached hydrogens (tertiary/aromatic N) is 1. The van der Waals surface area contributed by atoms with E-state index in [0.29, 0.717) is 11.1 Å². The van der Waals surface area contributed by atoms with E-state index in [1.54, 1.807) is 0 Å². The highest BCUT2D eigenvalue weighted by Crippen LogP contribution is 2.24. The molecular weight excluding hydrogens is 345 g/mol. The van der Waals surface area contributed by atoms with E-state index in [4.69, 9.17) is 0 Å². The predicted molar refractivity (Wildman–Crippen MR) is 93.6 cm³/mol. The van der Waals surface area contributed by atoms with E-state index < -0.39 is 6.09 Å². The van der Waals surface area contributed by atoms with Crippen LogP contribution in [0.25, 0.3) is 11.0 Å². The van der Waals surface area contributed by atoms with Crippen LogP contribution in [0.1, 0.15) is 10.4 Å². The lowest BCUT2D eigenvalue weighted by Gasteiger charge is -2.02. The van der Waals surface area contributed by atoms with E-state index >= 15 is 0 Å². The van der Waals surface area contributed by atoms with E-state index in [-0.39, 0.29) is 23.3 Å². The van der Waals surface area contributed by atoms with Crippen LogP contribution in [0.3, 0.4) is 0 Å². The summed E-state index contributed by atoms with van der Waals surface area (Å²) in [5, 5.41) is 2.46. The first kappa shape index (κ1) is 17.0. The number of thioether (sulfide) groups is 1. The summed E-state index contributed by atoms with van der Waals surface area (Å²) in [7, 11) is 1.27. The number of H-pyrrole nitrogens is 1. The van der Waals surface area contributed by atoms with Gasteiger partial charge in [-0.3, -0.25) is 10.1 Å². The van der Waals surface area contributed by atoms with Gasteiger partial charge in [-0.15, -0.1) is 11.8 Å². The fourth-order valence-electron chi connectivity index (χ4n) is 2.15. The van der Waals surface area contributed by atoms with Crippen LogP contribution in [-0.4, -0.2) is 34.7 Å². The Morgan fingerprint density at radius 2 is 2.00 bits per heavy atom. The van der Waals surface area contributed by atoms with E-state index in [2.05, 4.69) is 20.0 Å². The molecule has 8 heteroatoms. The van der Waals surface area contributed by atoms with E-state index in [9.17, 15) is 14.0 Å². The van der Waals surface area contributed by atoms with Crippen LogP contribution in [0, 0.1) is 5.82 Å². The minimum atomic E-state index is -0.612. The van der Waals surface area contributed by atoms with Gasteiger partial charge in [0.25, 0.3) is 0 Å². The molecule has 0 atom stereocenters. The third-order valence-electron chi connectivity index (χ3n) is 3.40. The van der Waals surface area contributed by atoms with Crippen molar-refractivity contribution in [2.24, 2.45) is 0 Å². The first-order chi connectivity index (χ1) is 12.0. The number of imidazole rings is 1. The summed E-state index contributed by atoms with van der Waals surface area (Å²) < 4.78 is 17.4. The smallest absolute Gasteiger partial charge is 0.413 e. The molecule has 1 amide bonds. The van der Waals surface area contributed by atoms with Crippen LogP contribution in [0.15, 0.2) is 47.4 Å². The summed E-state index contributed by atoms with van der Waals surface area (Å²) >= 11 is 1.36. The van der Waals surface area contributed by atoms with Crippen molar-refractivity contribution < 1.29 is 18.7 Å². The zero-order valence-electron chi connectivity index (χ0n) is 13.2. The van der Waals surface area contributed by atoms with E-state index in [1.807, 2.05) is 18.2 Å². The van der Waals surface area contributed by atoms with Gasteiger partial charge in [0, 0.05) is 10.5 Å². The minimum absolute atomic E-state index is 0.0832. The van der Waals surface area contributed by atoms with Gasteiger partial charge in [0.2, 0.25) is 5.95 Å². The largest absolute Gasteiger partial charge is 0.453 e. The van der Waals surface area contributed by atoms with Crippen molar-refractivity contribution in [3.05, 3.63) is 53.8 Å². The molecule has 1 heterocycles. The normalized spacial score (nSPS) is 10.6. The molecule has 0 spiro atoms. The Morgan fingerprint density at radius 1 is 1.24 bits per heavy atom. The van der Waals surface area contributed by atoms with Crippen molar-refractivity contribution in [1.29, 1.82) is 0 Å². The highest BCUT2D eigenvalue weighted by molar-refractivity contribution is 8.00. The summed E-state index contributed by atoms with van der Waals surface area (Å²) in [6, 6.07) is 11.0. The molecule has 0 saturated heterocycles. The molecule has 3 aromatic rings. The number of ether oxygens (including phenoxy) is 1. The Balaban J connectivity index is 1.68. The summed E-state index contributed by atoms with van der Waals surface area (Å²) in [6.07, 6.45) is -0.612. The Morgan fingerprint density at radius 3 is 2.72 bits per heavy atom. The second-order valence-electron chi connectivity index (χ2n) is 5.10. The first-order valence-corrected chi connectivity index (χ1v) is 8.30. The molecule has 0 aliphatic rings. The van der Waals surface area contributed by atoms with Gasteiger partial charge >= 0.3 is 6.09 Å². The number of ketones is 1. The number of methoxy groups -OCH3 is 1. The van der Waals surface area contributed by atoms with Crippen LogP contribution in [0.2, 0.25) is 0 Å². The van der Waals surface area contributed by atoms with Crippen molar-refractivity contribution in [3.63, 3.8) is 0 Å². The highest BCUT2D eigenvalue weighted by Gasteiger charge is 2.10. The number of amides is 1. The Bertz CT molecular complexity index is 925. The number of aromatic nitrogens is 2. The van der Waals surface area contributed by atoms with Crippen molar-refractivity contribution in [3.8, 4) is 0 Å². The maximum absolute atomic E-state index is 12.9. The van der Waals surface area contributed by atoms with Gasteiger partial charge in [-0.05, 0) is 42.5 Å². The number of aromatic amines is 1. The van der Waals surface area contributed by atoms with Crippen LogP contribution >= 0.6 is 11.8 Å². The molecule has 0 saturated carbocycles. The number of carbonyl (C=O) groups excluding carboxylic acids is 2.